The molecule has 0 atom stereocenters. The molecule has 0 unspecified atom stereocenters. The number of halogens is 1. The van der Waals surface area contributed by atoms with Crippen molar-refractivity contribution in [3.8, 4) is 5.75 Å². The Labute approximate surface area is 156 Å². The van der Waals surface area contributed by atoms with Crippen LogP contribution in [0.25, 0.3) is 0 Å². The Morgan fingerprint density at radius 2 is 1.67 bits per heavy atom. The van der Waals surface area contributed by atoms with Crippen LogP contribution in [0.15, 0.2) is 53.4 Å². The third-order valence-electron chi connectivity index (χ3n) is 3.38. The molecule has 2 aromatic rings. The van der Waals surface area contributed by atoms with E-state index in [0.29, 0.717) is 12.4 Å². The molecule has 0 aliphatic carbocycles. The molecule has 0 saturated heterocycles. The highest BCUT2D eigenvalue weighted by atomic mass is 32.2. The first-order chi connectivity index (χ1) is 12.8. The number of ether oxygens (including phenoxy) is 2. The number of carbonyl (C=O) groups excluding carboxylic acids is 2. The molecular formula is C18H18FNO6S. The van der Waals surface area contributed by atoms with E-state index in [-0.39, 0.29) is 10.5 Å². The minimum atomic E-state index is -3.92. The van der Waals surface area contributed by atoms with E-state index in [1.165, 1.54) is 36.4 Å². The molecule has 9 heteroatoms. The van der Waals surface area contributed by atoms with Crippen LogP contribution in [0, 0.1) is 5.82 Å². The molecule has 0 heterocycles. The van der Waals surface area contributed by atoms with Gasteiger partial charge < -0.3 is 9.47 Å². The van der Waals surface area contributed by atoms with Crippen LogP contribution >= 0.6 is 0 Å². The van der Waals surface area contributed by atoms with Crippen molar-refractivity contribution < 1.29 is 31.9 Å². The monoisotopic (exact) mass is 395 g/mol. The van der Waals surface area contributed by atoms with Crippen LogP contribution in [-0.2, 0) is 19.6 Å². The van der Waals surface area contributed by atoms with Crippen molar-refractivity contribution in [2.45, 2.75) is 11.8 Å². The molecule has 0 bridgehead atoms. The Bertz CT molecular complexity index is 894. The zero-order chi connectivity index (χ0) is 19.9. The maximum Gasteiger partial charge on any atom is 0.321 e. The number of benzene rings is 2. The van der Waals surface area contributed by atoms with Gasteiger partial charge in [0, 0.05) is 5.56 Å². The van der Waals surface area contributed by atoms with E-state index in [1.54, 1.807) is 6.92 Å². The van der Waals surface area contributed by atoms with E-state index in [9.17, 15) is 22.4 Å². The minimum Gasteiger partial charge on any atom is -0.494 e. The predicted molar refractivity (Wildman–Crippen MR) is 94.5 cm³/mol. The highest BCUT2D eigenvalue weighted by Gasteiger charge is 2.17. The molecule has 0 aromatic heterocycles. The van der Waals surface area contributed by atoms with Crippen LogP contribution in [0.4, 0.5) is 4.39 Å². The molecule has 0 fully saturated rings. The highest BCUT2D eigenvalue weighted by molar-refractivity contribution is 7.89. The Balaban J connectivity index is 1.84. The first-order valence-corrected chi connectivity index (χ1v) is 9.47. The van der Waals surface area contributed by atoms with Gasteiger partial charge in [-0.1, -0.05) is 0 Å². The second kappa shape index (κ2) is 9.24. The number of sulfonamides is 1. The van der Waals surface area contributed by atoms with Gasteiger partial charge in [-0.2, -0.15) is 4.72 Å². The van der Waals surface area contributed by atoms with Crippen molar-refractivity contribution in [1.29, 1.82) is 0 Å². The summed E-state index contributed by atoms with van der Waals surface area (Å²) < 4.78 is 49.1. The van der Waals surface area contributed by atoms with Gasteiger partial charge >= 0.3 is 5.97 Å². The Kier molecular flexibility index (Phi) is 7.03. The molecule has 2 rings (SSSR count). The summed E-state index contributed by atoms with van der Waals surface area (Å²) in [5.74, 6) is -1.42. The molecule has 0 saturated carbocycles. The number of Topliss-reactive ketones (excluding diaryl/α,β-unsaturated/α-hetero) is 1. The standard InChI is InChI=1S/C18H18FNO6S/c1-2-25-15-7-9-16(10-8-15)27(23,24)20-11-18(22)26-12-17(21)13-3-5-14(19)6-4-13/h3-10,20H,2,11-12H2,1H3. The predicted octanol–water partition coefficient (Wildman–Crippen LogP) is 1.93. The third kappa shape index (κ3) is 6.15. The zero-order valence-electron chi connectivity index (χ0n) is 14.5. The molecule has 0 aliphatic heterocycles. The maximum absolute atomic E-state index is 12.8. The van der Waals surface area contributed by atoms with Crippen LogP contribution < -0.4 is 9.46 Å². The second-order valence-corrected chi connectivity index (χ2v) is 7.09. The number of esters is 1. The summed E-state index contributed by atoms with van der Waals surface area (Å²) in [6.07, 6.45) is 0. The molecule has 144 valence electrons. The molecule has 0 radical (unpaired) electrons. The fraction of sp³-hybridized carbons (Fsp3) is 0.222. The second-order valence-electron chi connectivity index (χ2n) is 5.32. The van der Waals surface area contributed by atoms with Crippen molar-refractivity contribution in [1.82, 2.24) is 4.72 Å². The van der Waals surface area contributed by atoms with Crippen LogP contribution in [-0.4, -0.2) is 39.9 Å². The number of carbonyl (C=O) groups is 2. The number of rotatable bonds is 9. The van der Waals surface area contributed by atoms with Crippen LogP contribution in [0.5, 0.6) is 5.75 Å². The van der Waals surface area contributed by atoms with Crippen LogP contribution in [0.1, 0.15) is 17.3 Å². The Hall–Kier alpha value is -2.78. The average Bonchev–Trinajstić information content (AvgIpc) is 2.66. The molecule has 7 nitrogen and oxygen atoms in total. The van der Waals surface area contributed by atoms with E-state index < -0.39 is 40.7 Å². The average molecular weight is 395 g/mol. The van der Waals surface area contributed by atoms with E-state index >= 15 is 0 Å². The fourth-order valence-corrected chi connectivity index (χ4v) is 3.00. The first-order valence-electron chi connectivity index (χ1n) is 7.98. The SMILES string of the molecule is CCOc1ccc(S(=O)(=O)NCC(=O)OCC(=O)c2ccc(F)cc2)cc1. The van der Waals surface area contributed by atoms with Crippen LogP contribution in [0.2, 0.25) is 0 Å². The van der Waals surface area contributed by atoms with Gasteiger partial charge in [-0.05, 0) is 55.5 Å². The van der Waals surface area contributed by atoms with E-state index in [1.807, 2.05) is 0 Å². The van der Waals surface area contributed by atoms with Gasteiger partial charge in [-0.3, -0.25) is 9.59 Å². The summed E-state index contributed by atoms with van der Waals surface area (Å²) in [5, 5.41) is 0. The van der Waals surface area contributed by atoms with Gasteiger partial charge in [0.2, 0.25) is 10.0 Å². The van der Waals surface area contributed by atoms with Gasteiger partial charge in [-0.25, -0.2) is 12.8 Å². The van der Waals surface area contributed by atoms with Gasteiger partial charge in [0.1, 0.15) is 18.1 Å². The number of hydrogen-bond acceptors (Lipinski definition) is 6. The summed E-state index contributed by atoms with van der Waals surface area (Å²) in [4.78, 5) is 23.4. The topological polar surface area (TPSA) is 98.8 Å². The molecule has 27 heavy (non-hydrogen) atoms. The summed E-state index contributed by atoms with van der Waals surface area (Å²) in [5.41, 5.74) is 0.180. The van der Waals surface area contributed by atoms with Crippen molar-refractivity contribution in [2.75, 3.05) is 19.8 Å². The molecular weight excluding hydrogens is 377 g/mol. The summed E-state index contributed by atoms with van der Waals surface area (Å²) in [7, 11) is -3.92. The third-order valence-corrected chi connectivity index (χ3v) is 4.80. The largest absolute Gasteiger partial charge is 0.494 e. The smallest absolute Gasteiger partial charge is 0.321 e. The number of ketones is 1. The Morgan fingerprint density at radius 1 is 1.04 bits per heavy atom. The molecule has 0 amide bonds. The highest BCUT2D eigenvalue weighted by Crippen LogP contribution is 2.15. The lowest BCUT2D eigenvalue weighted by Gasteiger charge is -2.08. The zero-order valence-corrected chi connectivity index (χ0v) is 15.3. The molecule has 0 spiro atoms. The lowest BCUT2D eigenvalue weighted by Crippen LogP contribution is -2.31. The van der Waals surface area contributed by atoms with E-state index in [2.05, 4.69) is 4.72 Å². The van der Waals surface area contributed by atoms with Gasteiger partial charge in [0.15, 0.2) is 12.4 Å². The summed E-state index contributed by atoms with van der Waals surface area (Å²) in [6.45, 7) is 1.05. The van der Waals surface area contributed by atoms with Gasteiger partial charge in [0.25, 0.3) is 0 Å². The van der Waals surface area contributed by atoms with Gasteiger partial charge in [-0.15, -0.1) is 0 Å². The number of hydrogen-bond donors (Lipinski definition) is 1. The maximum atomic E-state index is 12.8. The minimum absolute atomic E-state index is 0.0406. The summed E-state index contributed by atoms with van der Waals surface area (Å²) in [6, 6.07) is 10.4. The first kappa shape index (κ1) is 20.5. The van der Waals surface area contributed by atoms with E-state index in [0.717, 1.165) is 12.1 Å². The van der Waals surface area contributed by atoms with Crippen molar-refractivity contribution >= 4 is 21.8 Å². The van der Waals surface area contributed by atoms with Crippen molar-refractivity contribution in [2.24, 2.45) is 0 Å². The lowest BCUT2D eigenvalue weighted by atomic mass is 10.1. The van der Waals surface area contributed by atoms with Crippen molar-refractivity contribution in [3.63, 3.8) is 0 Å². The van der Waals surface area contributed by atoms with Crippen molar-refractivity contribution in [3.05, 3.63) is 59.9 Å². The molecule has 1 N–H and O–H groups in total. The van der Waals surface area contributed by atoms with E-state index in [4.69, 9.17) is 9.47 Å². The fourth-order valence-electron chi connectivity index (χ4n) is 2.04. The summed E-state index contributed by atoms with van der Waals surface area (Å²) >= 11 is 0. The molecule has 0 aliphatic rings. The molecule has 2 aromatic carbocycles. The quantitative estimate of drug-likeness (QED) is 0.515. The Morgan fingerprint density at radius 3 is 2.26 bits per heavy atom. The normalized spacial score (nSPS) is 11.0. The number of nitrogens with one attached hydrogen (secondary N) is 1. The van der Waals surface area contributed by atoms with Gasteiger partial charge in [0.05, 0.1) is 11.5 Å². The van der Waals surface area contributed by atoms with Crippen LogP contribution in [0.3, 0.4) is 0 Å². The lowest BCUT2D eigenvalue weighted by molar-refractivity contribution is -0.141.